The molecule has 1 saturated carbocycles. The summed E-state index contributed by atoms with van der Waals surface area (Å²) in [5.41, 5.74) is 3.77. The summed E-state index contributed by atoms with van der Waals surface area (Å²) in [6, 6.07) is 0. The molecule has 0 aromatic carbocycles. The smallest absolute Gasteiger partial charge is 0.128 e. The van der Waals surface area contributed by atoms with Crippen molar-refractivity contribution in [3.05, 3.63) is 38.9 Å². The molecule has 0 unspecified atom stereocenters. The highest BCUT2D eigenvalue weighted by atomic mass is 32.1. The highest BCUT2D eigenvalue weighted by Crippen LogP contribution is 2.32. The van der Waals surface area contributed by atoms with Gasteiger partial charge in [0, 0.05) is 37.1 Å². The van der Waals surface area contributed by atoms with Gasteiger partial charge in [-0.3, -0.25) is 4.90 Å². The third kappa shape index (κ3) is 3.06. The summed E-state index contributed by atoms with van der Waals surface area (Å²) in [5, 5.41) is 1.17. The van der Waals surface area contributed by atoms with Gasteiger partial charge in [-0.2, -0.15) is 0 Å². The van der Waals surface area contributed by atoms with Crippen LogP contribution in [-0.4, -0.2) is 26.4 Å². The summed E-state index contributed by atoms with van der Waals surface area (Å²) in [6.45, 7) is 7.25. The Morgan fingerprint density at radius 1 is 1.27 bits per heavy atom. The van der Waals surface area contributed by atoms with Gasteiger partial charge in [0.05, 0.1) is 16.4 Å². The van der Waals surface area contributed by atoms with Crippen LogP contribution in [0.5, 0.6) is 0 Å². The highest BCUT2D eigenvalue weighted by Gasteiger charge is 2.24. The van der Waals surface area contributed by atoms with E-state index in [-0.39, 0.29) is 0 Å². The first-order valence-electron chi connectivity index (χ1n) is 8.16. The first-order valence-corrected chi connectivity index (χ1v) is 8.98. The fourth-order valence-corrected chi connectivity index (χ4v) is 4.11. The van der Waals surface area contributed by atoms with Crippen LogP contribution in [0.4, 0.5) is 0 Å². The van der Waals surface area contributed by atoms with E-state index in [1.807, 2.05) is 11.3 Å². The van der Waals surface area contributed by atoms with Crippen molar-refractivity contribution >= 4 is 11.3 Å². The first-order chi connectivity index (χ1) is 10.7. The molecule has 0 radical (unpaired) electrons. The van der Waals surface area contributed by atoms with Gasteiger partial charge in [0.2, 0.25) is 0 Å². The molecule has 0 N–H and O–H groups in total. The minimum absolute atomic E-state index is 0.848. The van der Waals surface area contributed by atoms with Crippen LogP contribution in [-0.2, 0) is 25.9 Å². The van der Waals surface area contributed by atoms with E-state index in [2.05, 4.69) is 34.9 Å². The number of aromatic nitrogens is 3. The molecule has 0 spiro atoms. The molecule has 22 heavy (non-hydrogen) atoms. The minimum atomic E-state index is 0.848. The molecule has 3 heterocycles. The Morgan fingerprint density at radius 3 is 2.86 bits per heavy atom. The van der Waals surface area contributed by atoms with Gasteiger partial charge in [0.25, 0.3) is 0 Å². The quantitative estimate of drug-likeness (QED) is 0.870. The molecular formula is C17H22N4S. The molecule has 0 saturated heterocycles. The summed E-state index contributed by atoms with van der Waals surface area (Å²) in [4.78, 5) is 17.8. The van der Waals surface area contributed by atoms with E-state index >= 15 is 0 Å². The van der Waals surface area contributed by atoms with Crippen LogP contribution in [0.2, 0.25) is 0 Å². The van der Waals surface area contributed by atoms with Gasteiger partial charge >= 0.3 is 0 Å². The van der Waals surface area contributed by atoms with E-state index < -0.39 is 0 Å². The molecule has 2 aliphatic rings. The summed E-state index contributed by atoms with van der Waals surface area (Å²) in [6.07, 6.45) is 6.92. The van der Waals surface area contributed by atoms with E-state index in [1.165, 1.54) is 39.7 Å². The minimum Gasteiger partial charge on any atom is -0.292 e. The number of fused-ring (bicyclic) bond motifs is 1. The van der Waals surface area contributed by atoms with E-state index in [0.717, 1.165) is 44.2 Å². The van der Waals surface area contributed by atoms with Crippen LogP contribution in [0.25, 0.3) is 0 Å². The second kappa shape index (κ2) is 5.70. The van der Waals surface area contributed by atoms with Crippen molar-refractivity contribution < 1.29 is 0 Å². The predicted octanol–water partition coefficient (Wildman–Crippen LogP) is 3.06. The molecule has 0 amide bonds. The Morgan fingerprint density at radius 2 is 2.14 bits per heavy atom. The van der Waals surface area contributed by atoms with Crippen molar-refractivity contribution in [3.63, 3.8) is 0 Å². The van der Waals surface area contributed by atoms with Gasteiger partial charge in [0.15, 0.2) is 0 Å². The second-order valence-corrected chi connectivity index (χ2v) is 7.90. The second-order valence-electron chi connectivity index (χ2n) is 6.61. The van der Waals surface area contributed by atoms with Crippen molar-refractivity contribution in [2.45, 2.75) is 52.6 Å². The Kier molecular flexibility index (Phi) is 3.70. The van der Waals surface area contributed by atoms with Crippen LogP contribution in [0.1, 0.15) is 45.5 Å². The van der Waals surface area contributed by atoms with Crippen LogP contribution in [0.3, 0.4) is 0 Å². The molecule has 2 aromatic rings. The summed E-state index contributed by atoms with van der Waals surface area (Å²) >= 11 is 1.82. The van der Waals surface area contributed by atoms with Gasteiger partial charge in [0.1, 0.15) is 5.82 Å². The molecule has 2 aromatic heterocycles. The zero-order valence-electron chi connectivity index (χ0n) is 13.3. The maximum atomic E-state index is 4.85. The fraction of sp³-hybridized carbons (Fsp3) is 0.588. The lowest BCUT2D eigenvalue weighted by Crippen LogP contribution is -2.31. The Labute approximate surface area is 135 Å². The summed E-state index contributed by atoms with van der Waals surface area (Å²) in [7, 11) is 0. The van der Waals surface area contributed by atoms with E-state index in [1.54, 1.807) is 0 Å². The first kappa shape index (κ1) is 14.3. The maximum Gasteiger partial charge on any atom is 0.128 e. The Bertz CT molecular complexity index is 690. The van der Waals surface area contributed by atoms with Crippen molar-refractivity contribution in [1.29, 1.82) is 0 Å². The number of aryl methyl sites for hydroxylation is 2. The molecule has 0 atom stereocenters. The van der Waals surface area contributed by atoms with E-state index in [4.69, 9.17) is 4.98 Å². The third-order valence-electron chi connectivity index (χ3n) is 4.61. The average molecular weight is 314 g/mol. The lowest BCUT2D eigenvalue weighted by Gasteiger charge is -2.27. The standard InChI is InChI=1S/C17H22N4S/c1-11-16(22-12(2)19-11)10-21-6-5-14-8-18-17(7-13-3-4-13)20-15(14)9-21/h8,13H,3-7,9-10H2,1-2H3. The molecule has 4 nitrogen and oxygen atoms in total. The summed E-state index contributed by atoms with van der Waals surface area (Å²) < 4.78 is 0. The SMILES string of the molecule is Cc1nc(C)c(CN2CCc3cnc(CC4CC4)nc3C2)s1. The van der Waals surface area contributed by atoms with Gasteiger partial charge in [-0.05, 0) is 44.6 Å². The van der Waals surface area contributed by atoms with Gasteiger partial charge < -0.3 is 0 Å². The molecule has 4 rings (SSSR count). The lowest BCUT2D eigenvalue weighted by atomic mass is 10.1. The number of thiazole rings is 1. The molecule has 1 aliphatic heterocycles. The van der Waals surface area contributed by atoms with E-state index in [0.29, 0.717) is 0 Å². The maximum absolute atomic E-state index is 4.85. The van der Waals surface area contributed by atoms with Crippen LogP contribution >= 0.6 is 11.3 Å². The number of rotatable bonds is 4. The fourth-order valence-electron chi connectivity index (χ4n) is 3.14. The molecule has 116 valence electrons. The van der Waals surface area contributed by atoms with Gasteiger partial charge in [-0.25, -0.2) is 15.0 Å². The van der Waals surface area contributed by atoms with Crippen LogP contribution in [0.15, 0.2) is 6.20 Å². The van der Waals surface area contributed by atoms with Crippen molar-refractivity contribution in [2.75, 3.05) is 6.54 Å². The third-order valence-corrected chi connectivity index (χ3v) is 5.67. The normalized spacial score (nSPS) is 18.5. The van der Waals surface area contributed by atoms with Crippen LogP contribution < -0.4 is 0 Å². The molecule has 1 aliphatic carbocycles. The molecule has 0 bridgehead atoms. The number of hydrogen-bond donors (Lipinski definition) is 0. The van der Waals surface area contributed by atoms with Crippen molar-refractivity contribution in [2.24, 2.45) is 5.92 Å². The van der Waals surface area contributed by atoms with Gasteiger partial charge in [-0.1, -0.05) is 0 Å². The topological polar surface area (TPSA) is 41.9 Å². The molecule has 5 heteroatoms. The average Bonchev–Trinajstić information content (AvgIpc) is 3.24. The zero-order valence-corrected chi connectivity index (χ0v) is 14.1. The number of hydrogen-bond acceptors (Lipinski definition) is 5. The summed E-state index contributed by atoms with van der Waals surface area (Å²) in [5.74, 6) is 1.90. The molecule has 1 fully saturated rings. The van der Waals surface area contributed by atoms with Gasteiger partial charge in [-0.15, -0.1) is 11.3 Å². The molecular weight excluding hydrogens is 292 g/mol. The largest absolute Gasteiger partial charge is 0.292 e. The van der Waals surface area contributed by atoms with E-state index in [9.17, 15) is 0 Å². The highest BCUT2D eigenvalue weighted by molar-refractivity contribution is 7.11. The Hall–Kier alpha value is -1.33. The Balaban J connectivity index is 1.48. The lowest BCUT2D eigenvalue weighted by molar-refractivity contribution is 0.242. The number of nitrogens with zero attached hydrogens (tertiary/aromatic N) is 4. The van der Waals surface area contributed by atoms with Crippen molar-refractivity contribution in [3.8, 4) is 0 Å². The predicted molar refractivity (Wildman–Crippen MR) is 87.9 cm³/mol. The monoisotopic (exact) mass is 314 g/mol. The van der Waals surface area contributed by atoms with Crippen LogP contribution in [0, 0.1) is 19.8 Å². The van der Waals surface area contributed by atoms with Crippen molar-refractivity contribution in [1.82, 2.24) is 19.9 Å². The zero-order chi connectivity index (χ0) is 15.1.